The highest BCUT2D eigenvalue weighted by atomic mass is 35.5. The van der Waals surface area contributed by atoms with Crippen LogP contribution in [-0.2, 0) is 0 Å². The zero-order valence-electron chi connectivity index (χ0n) is 16.7. The molecular weight excluding hydrogens is 390 g/mol. The fraction of sp³-hybridized carbons (Fsp3) is 0.273. The van der Waals surface area contributed by atoms with Crippen molar-refractivity contribution in [1.29, 1.82) is 0 Å². The van der Waals surface area contributed by atoms with E-state index in [0.29, 0.717) is 23.7 Å². The van der Waals surface area contributed by atoms with Crippen LogP contribution in [-0.4, -0.2) is 35.9 Å². The van der Waals surface area contributed by atoms with Crippen molar-refractivity contribution in [3.63, 3.8) is 0 Å². The van der Waals surface area contributed by atoms with Gasteiger partial charge < -0.3 is 14.8 Å². The van der Waals surface area contributed by atoms with Crippen molar-refractivity contribution in [2.45, 2.75) is 19.8 Å². The van der Waals surface area contributed by atoms with Crippen LogP contribution < -0.4 is 14.8 Å². The third kappa shape index (κ3) is 5.09. The summed E-state index contributed by atoms with van der Waals surface area (Å²) >= 11 is 6.11. The summed E-state index contributed by atoms with van der Waals surface area (Å²) in [5.74, 6) is 1.41. The molecule has 0 saturated heterocycles. The number of benzene rings is 2. The van der Waals surface area contributed by atoms with Gasteiger partial charge in [0.1, 0.15) is 18.1 Å². The second kappa shape index (κ2) is 9.47. The number of halogens is 1. The van der Waals surface area contributed by atoms with Crippen LogP contribution >= 0.6 is 11.6 Å². The third-order valence-corrected chi connectivity index (χ3v) is 4.60. The molecule has 3 rings (SSSR count). The molecule has 3 aromatic rings. The van der Waals surface area contributed by atoms with Gasteiger partial charge in [0.05, 0.1) is 36.8 Å². The van der Waals surface area contributed by atoms with E-state index in [1.807, 2.05) is 56.3 Å². The molecule has 0 bridgehead atoms. The Balaban J connectivity index is 1.64. The summed E-state index contributed by atoms with van der Waals surface area (Å²) in [6.45, 7) is 4.80. The van der Waals surface area contributed by atoms with Crippen LogP contribution in [0.4, 0.5) is 0 Å². The minimum atomic E-state index is -0.180. The Labute approximate surface area is 175 Å². The van der Waals surface area contributed by atoms with Gasteiger partial charge in [0.2, 0.25) is 0 Å². The van der Waals surface area contributed by atoms with E-state index in [1.54, 1.807) is 24.1 Å². The summed E-state index contributed by atoms with van der Waals surface area (Å²) in [6, 6.07) is 14.7. The molecule has 1 heterocycles. The molecule has 0 aliphatic rings. The normalized spacial score (nSPS) is 10.8. The monoisotopic (exact) mass is 413 g/mol. The molecule has 0 atom stereocenters. The molecule has 0 spiro atoms. The summed E-state index contributed by atoms with van der Waals surface area (Å²) in [4.78, 5) is 12.7. The van der Waals surface area contributed by atoms with Gasteiger partial charge in [0.25, 0.3) is 5.91 Å². The number of carbonyl (C=O) groups excluding carboxylic acids is 1. The summed E-state index contributed by atoms with van der Waals surface area (Å²) in [6.07, 6.45) is 1.59. The first-order chi connectivity index (χ1) is 14.0. The first kappa shape index (κ1) is 20.7. The molecular formula is C22H24ClN3O3. The molecule has 6 nitrogen and oxygen atoms in total. The maximum absolute atomic E-state index is 12.7. The molecule has 7 heteroatoms. The molecule has 152 valence electrons. The van der Waals surface area contributed by atoms with Crippen molar-refractivity contribution in [3.8, 4) is 17.2 Å². The van der Waals surface area contributed by atoms with Crippen LogP contribution in [0, 0.1) is 0 Å². The van der Waals surface area contributed by atoms with E-state index in [1.165, 1.54) is 0 Å². The Morgan fingerprint density at radius 3 is 2.55 bits per heavy atom. The predicted molar refractivity (Wildman–Crippen MR) is 113 cm³/mol. The van der Waals surface area contributed by atoms with E-state index < -0.39 is 0 Å². The number of carbonyl (C=O) groups is 1. The van der Waals surface area contributed by atoms with E-state index in [-0.39, 0.29) is 11.8 Å². The van der Waals surface area contributed by atoms with Crippen molar-refractivity contribution < 1.29 is 14.3 Å². The molecule has 2 aromatic carbocycles. The Bertz CT molecular complexity index is 968. The first-order valence-electron chi connectivity index (χ1n) is 9.38. The SMILES string of the molecule is COc1ccc(OCCNC(=O)c2cnn(-c3cccc(Cl)c3)c2C(C)C)cc1. The zero-order valence-corrected chi connectivity index (χ0v) is 17.4. The lowest BCUT2D eigenvalue weighted by Crippen LogP contribution is -2.29. The average molecular weight is 414 g/mol. The highest BCUT2D eigenvalue weighted by molar-refractivity contribution is 6.30. The maximum Gasteiger partial charge on any atom is 0.254 e. The Hall–Kier alpha value is -2.99. The van der Waals surface area contributed by atoms with Gasteiger partial charge in [-0.3, -0.25) is 4.79 Å². The number of hydrogen-bond acceptors (Lipinski definition) is 4. The maximum atomic E-state index is 12.7. The lowest BCUT2D eigenvalue weighted by Gasteiger charge is -2.13. The topological polar surface area (TPSA) is 65.4 Å². The van der Waals surface area contributed by atoms with Crippen molar-refractivity contribution in [3.05, 3.63) is 71.0 Å². The highest BCUT2D eigenvalue weighted by Gasteiger charge is 2.20. The second-order valence-corrected chi connectivity index (χ2v) is 7.21. The van der Waals surface area contributed by atoms with E-state index >= 15 is 0 Å². The number of nitrogens with one attached hydrogen (secondary N) is 1. The average Bonchev–Trinajstić information content (AvgIpc) is 3.17. The number of hydrogen-bond donors (Lipinski definition) is 1. The van der Waals surface area contributed by atoms with Gasteiger partial charge in [-0.25, -0.2) is 4.68 Å². The summed E-state index contributed by atoms with van der Waals surface area (Å²) < 4.78 is 12.5. The lowest BCUT2D eigenvalue weighted by atomic mass is 10.1. The van der Waals surface area contributed by atoms with Crippen LogP contribution in [0.1, 0.15) is 35.8 Å². The van der Waals surface area contributed by atoms with Crippen molar-refractivity contribution in [2.75, 3.05) is 20.3 Å². The first-order valence-corrected chi connectivity index (χ1v) is 9.76. The minimum Gasteiger partial charge on any atom is -0.497 e. The van der Waals surface area contributed by atoms with Gasteiger partial charge in [-0.2, -0.15) is 5.10 Å². The quantitative estimate of drug-likeness (QED) is 0.553. The molecule has 0 saturated carbocycles. The van der Waals surface area contributed by atoms with Crippen LogP contribution in [0.15, 0.2) is 54.7 Å². The molecule has 0 radical (unpaired) electrons. The molecule has 0 aliphatic carbocycles. The summed E-state index contributed by atoms with van der Waals surface area (Å²) in [5, 5.41) is 7.93. The number of ether oxygens (including phenoxy) is 2. The Morgan fingerprint density at radius 2 is 1.90 bits per heavy atom. The molecule has 0 fully saturated rings. The molecule has 1 amide bonds. The zero-order chi connectivity index (χ0) is 20.8. The van der Waals surface area contributed by atoms with Gasteiger partial charge in [-0.1, -0.05) is 31.5 Å². The fourth-order valence-electron chi connectivity index (χ4n) is 3.00. The van der Waals surface area contributed by atoms with Crippen LogP contribution in [0.3, 0.4) is 0 Å². The lowest BCUT2D eigenvalue weighted by molar-refractivity contribution is 0.0945. The number of aromatic nitrogens is 2. The third-order valence-electron chi connectivity index (χ3n) is 4.37. The standard InChI is InChI=1S/C22H24ClN3O3/c1-15(2)21-20(14-25-26(21)17-6-4-5-16(23)13-17)22(27)24-11-12-29-19-9-7-18(28-3)8-10-19/h4-10,13-15H,11-12H2,1-3H3,(H,24,27). The molecule has 0 unspecified atom stereocenters. The summed E-state index contributed by atoms with van der Waals surface area (Å²) in [7, 11) is 1.62. The smallest absolute Gasteiger partial charge is 0.254 e. The Kier molecular flexibility index (Phi) is 6.77. The number of rotatable bonds is 8. The van der Waals surface area contributed by atoms with Crippen LogP contribution in [0.5, 0.6) is 11.5 Å². The second-order valence-electron chi connectivity index (χ2n) is 6.77. The van der Waals surface area contributed by atoms with E-state index in [9.17, 15) is 4.79 Å². The number of amides is 1. The van der Waals surface area contributed by atoms with Crippen LogP contribution in [0.2, 0.25) is 5.02 Å². The van der Waals surface area contributed by atoms with Gasteiger partial charge in [0, 0.05) is 5.02 Å². The van der Waals surface area contributed by atoms with Crippen LogP contribution in [0.25, 0.3) is 5.69 Å². The summed E-state index contributed by atoms with van der Waals surface area (Å²) in [5.41, 5.74) is 2.20. The van der Waals surface area contributed by atoms with Crippen molar-refractivity contribution >= 4 is 17.5 Å². The number of methoxy groups -OCH3 is 1. The fourth-order valence-corrected chi connectivity index (χ4v) is 3.19. The molecule has 0 aliphatic heterocycles. The largest absolute Gasteiger partial charge is 0.497 e. The molecule has 1 N–H and O–H groups in total. The predicted octanol–water partition coefficient (Wildman–Crippen LogP) is 4.47. The van der Waals surface area contributed by atoms with E-state index in [2.05, 4.69) is 10.4 Å². The Morgan fingerprint density at radius 1 is 1.17 bits per heavy atom. The number of nitrogens with zero attached hydrogens (tertiary/aromatic N) is 2. The highest BCUT2D eigenvalue weighted by Crippen LogP contribution is 2.24. The van der Waals surface area contributed by atoms with Crippen molar-refractivity contribution in [2.24, 2.45) is 0 Å². The molecule has 29 heavy (non-hydrogen) atoms. The van der Waals surface area contributed by atoms with Gasteiger partial charge in [0.15, 0.2) is 0 Å². The minimum absolute atomic E-state index is 0.104. The van der Waals surface area contributed by atoms with Gasteiger partial charge in [-0.15, -0.1) is 0 Å². The van der Waals surface area contributed by atoms with Gasteiger partial charge >= 0.3 is 0 Å². The van der Waals surface area contributed by atoms with Crippen molar-refractivity contribution in [1.82, 2.24) is 15.1 Å². The van der Waals surface area contributed by atoms with Gasteiger partial charge in [-0.05, 0) is 48.4 Å². The molecule has 1 aromatic heterocycles. The van der Waals surface area contributed by atoms with E-state index in [4.69, 9.17) is 21.1 Å². The van der Waals surface area contributed by atoms with E-state index in [0.717, 1.165) is 22.9 Å².